The molecule has 0 saturated heterocycles. The smallest absolute Gasteiger partial charge is 0.153 e. The lowest BCUT2D eigenvalue weighted by molar-refractivity contribution is 0.112. The van der Waals surface area contributed by atoms with E-state index in [9.17, 15) is 4.79 Å². The number of carbonyl (C=O) groups is 1. The van der Waals surface area contributed by atoms with Gasteiger partial charge in [0, 0.05) is 12.0 Å². The van der Waals surface area contributed by atoms with Crippen LogP contribution in [0, 0.1) is 11.5 Å². The third-order valence-corrected chi connectivity index (χ3v) is 12.5. The van der Waals surface area contributed by atoms with Gasteiger partial charge in [-0.1, -0.05) is 53.2 Å². The molecule has 0 aromatic heterocycles. The minimum atomic E-state index is -1.64. The Labute approximate surface area is 185 Å². The predicted octanol–water partition coefficient (Wildman–Crippen LogP) is 7.01. The Hall–Kier alpha value is -1.99. The number of hydrogen-bond acceptors (Lipinski definition) is 3. The maximum atomic E-state index is 11.2. The minimum Gasteiger partial charge on any atom is -0.496 e. The second-order valence-electron chi connectivity index (χ2n) is 8.99. The van der Waals surface area contributed by atoms with Gasteiger partial charge in [0.2, 0.25) is 0 Å². The zero-order chi connectivity index (χ0) is 22.9. The molecular formula is C26H40O3Si. The average Bonchev–Trinajstić information content (AvgIpc) is 2.69. The Morgan fingerprint density at radius 1 is 1.00 bits per heavy atom. The fraction of sp³-hybridized carbons (Fsp3) is 0.577. The molecule has 0 heterocycles. The Morgan fingerprint density at radius 2 is 1.57 bits per heavy atom. The van der Waals surface area contributed by atoms with E-state index in [0.717, 1.165) is 31.1 Å². The van der Waals surface area contributed by atoms with Crippen LogP contribution in [0.1, 0.15) is 77.2 Å². The van der Waals surface area contributed by atoms with Crippen molar-refractivity contribution in [3.05, 3.63) is 34.9 Å². The van der Waals surface area contributed by atoms with Crippen LogP contribution in [-0.2, 0) is 6.42 Å². The van der Waals surface area contributed by atoms with E-state index in [1.54, 1.807) is 20.3 Å². The number of carbonyl (C=O) groups excluding carboxylic acids is 1. The molecule has 0 aliphatic heterocycles. The van der Waals surface area contributed by atoms with Crippen molar-refractivity contribution < 1.29 is 14.3 Å². The molecule has 0 unspecified atom stereocenters. The highest BCUT2D eigenvalue weighted by Gasteiger charge is 2.41. The van der Waals surface area contributed by atoms with E-state index >= 15 is 0 Å². The van der Waals surface area contributed by atoms with E-state index in [4.69, 9.17) is 9.47 Å². The SMILES string of the molecule is COc1cc(C/C(C)=C\CCC#C[Si](C(C)C)(C(C)C)C(C)C)c(OC)cc1C=O. The number of methoxy groups -OCH3 is 2. The molecule has 30 heavy (non-hydrogen) atoms. The van der Waals surface area contributed by atoms with Crippen molar-refractivity contribution in [3.8, 4) is 23.0 Å². The zero-order valence-electron chi connectivity index (χ0n) is 20.4. The van der Waals surface area contributed by atoms with Crippen LogP contribution >= 0.6 is 0 Å². The lowest BCUT2D eigenvalue weighted by atomic mass is 10.0. The molecule has 0 saturated carbocycles. The molecule has 3 nitrogen and oxygen atoms in total. The summed E-state index contributed by atoms with van der Waals surface area (Å²) in [6.07, 6.45) is 5.65. The van der Waals surface area contributed by atoms with Crippen LogP contribution in [0.5, 0.6) is 11.5 Å². The molecule has 0 amide bonds. The molecular weight excluding hydrogens is 388 g/mol. The van der Waals surface area contributed by atoms with Crippen LogP contribution < -0.4 is 9.47 Å². The van der Waals surface area contributed by atoms with Gasteiger partial charge in [-0.05, 0) is 48.5 Å². The first-order chi connectivity index (χ1) is 14.1. The predicted molar refractivity (Wildman–Crippen MR) is 130 cm³/mol. The zero-order valence-corrected chi connectivity index (χ0v) is 21.4. The van der Waals surface area contributed by atoms with Crippen LogP contribution in [0.4, 0.5) is 0 Å². The molecule has 1 aromatic carbocycles. The number of allylic oxidation sites excluding steroid dienone is 2. The van der Waals surface area contributed by atoms with Crippen molar-refractivity contribution >= 4 is 14.4 Å². The molecule has 0 bridgehead atoms. The monoisotopic (exact) mass is 428 g/mol. The first kappa shape index (κ1) is 26.0. The fourth-order valence-corrected chi connectivity index (χ4v) is 9.92. The molecule has 1 rings (SSSR count). The van der Waals surface area contributed by atoms with Crippen LogP contribution in [0.2, 0.25) is 16.6 Å². The largest absolute Gasteiger partial charge is 0.496 e. The summed E-state index contributed by atoms with van der Waals surface area (Å²) in [7, 11) is 1.57. The van der Waals surface area contributed by atoms with Crippen molar-refractivity contribution in [1.82, 2.24) is 0 Å². The standard InChI is InChI=1S/C26H40O3Si/c1-19(2)30(20(3)4,21(5)6)14-12-10-11-13-22(7)15-23-16-26(29-9)24(18-27)17-25(23)28-8/h13,16-21H,10-11,15H2,1-9H3/b22-13-. The fourth-order valence-electron chi connectivity index (χ4n) is 4.63. The van der Waals surface area contributed by atoms with E-state index in [-0.39, 0.29) is 0 Å². The molecule has 0 aliphatic carbocycles. The van der Waals surface area contributed by atoms with Crippen LogP contribution in [-0.4, -0.2) is 28.6 Å². The average molecular weight is 429 g/mol. The highest BCUT2D eigenvalue weighted by molar-refractivity contribution is 6.90. The molecule has 0 spiro atoms. The molecule has 4 heteroatoms. The van der Waals surface area contributed by atoms with Crippen molar-refractivity contribution in [2.45, 2.75) is 84.4 Å². The Kier molecular flexibility index (Phi) is 10.4. The summed E-state index contributed by atoms with van der Waals surface area (Å²) < 4.78 is 10.8. The van der Waals surface area contributed by atoms with E-state index in [1.165, 1.54) is 5.57 Å². The molecule has 0 N–H and O–H groups in total. The molecule has 0 aliphatic rings. The molecule has 0 atom stereocenters. The normalized spacial score (nSPS) is 12.2. The van der Waals surface area contributed by atoms with Gasteiger partial charge >= 0.3 is 0 Å². The third kappa shape index (κ3) is 6.25. The van der Waals surface area contributed by atoms with Gasteiger partial charge in [-0.15, -0.1) is 11.5 Å². The maximum Gasteiger partial charge on any atom is 0.153 e. The summed E-state index contributed by atoms with van der Waals surface area (Å²) in [5.41, 5.74) is 8.57. The highest BCUT2D eigenvalue weighted by atomic mass is 28.3. The van der Waals surface area contributed by atoms with Crippen LogP contribution in [0.25, 0.3) is 0 Å². The minimum absolute atomic E-state index is 0.503. The van der Waals surface area contributed by atoms with E-state index in [2.05, 4.69) is 66.0 Å². The van der Waals surface area contributed by atoms with E-state index in [1.807, 2.05) is 6.07 Å². The van der Waals surface area contributed by atoms with E-state index in [0.29, 0.717) is 33.7 Å². The first-order valence-electron chi connectivity index (χ1n) is 11.0. The summed E-state index contributed by atoms with van der Waals surface area (Å²) in [6.45, 7) is 16.2. The molecule has 1 aromatic rings. The summed E-state index contributed by atoms with van der Waals surface area (Å²) >= 11 is 0. The number of rotatable bonds is 10. The second-order valence-corrected chi connectivity index (χ2v) is 14.6. The summed E-state index contributed by atoms with van der Waals surface area (Å²) in [4.78, 5) is 11.2. The molecule has 0 radical (unpaired) electrons. The van der Waals surface area contributed by atoms with Gasteiger partial charge in [0.05, 0.1) is 19.8 Å². The van der Waals surface area contributed by atoms with E-state index < -0.39 is 8.07 Å². The number of benzene rings is 1. The first-order valence-corrected chi connectivity index (χ1v) is 13.2. The summed E-state index contributed by atoms with van der Waals surface area (Å²) in [5.74, 6) is 4.82. The third-order valence-electron chi connectivity index (χ3n) is 6.16. The Bertz CT molecular complexity index is 773. The van der Waals surface area contributed by atoms with Gasteiger partial charge in [0.25, 0.3) is 0 Å². The number of hydrogen-bond donors (Lipinski definition) is 0. The van der Waals surface area contributed by atoms with Crippen molar-refractivity contribution in [2.24, 2.45) is 0 Å². The van der Waals surface area contributed by atoms with Gasteiger partial charge in [-0.3, -0.25) is 4.79 Å². The van der Waals surface area contributed by atoms with Gasteiger partial charge in [-0.2, -0.15) is 0 Å². The topological polar surface area (TPSA) is 35.5 Å². The van der Waals surface area contributed by atoms with Gasteiger partial charge < -0.3 is 9.47 Å². The molecule has 0 fully saturated rings. The van der Waals surface area contributed by atoms with Crippen LogP contribution in [0.15, 0.2) is 23.8 Å². The van der Waals surface area contributed by atoms with Gasteiger partial charge in [0.15, 0.2) is 6.29 Å². The van der Waals surface area contributed by atoms with Gasteiger partial charge in [-0.25, -0.2) is 0 Å². The number of aldehydes is 1. The number of unbranched alkanes of at least 4 members (excludes halogenated alkanes) is 1. The Balaban J connectivity index is 2.90. The summed E-state index contributed by atoms with van der Waals surface area (Å²) in [5, 5.41) is 0. The van der Waals surface area contributed by atoms with Crippen molar-refractivity contribution in [3.63, 3.8) is 0 Å². The highest BCUT2D eigenvalue weighted by Crippen LogP contribution is 2.40. The maximum absolute atomic E-state index is 11.2. The van der Waals surface area contributed by atoms with Crippen LogP contribution in [0.3, 0.4) is 0 Å². The Morgan fingerprint density at radius 3 is 2.03 bits per heavy atom. The number of ether oxygens (including phenoxy) is 2. The quantitative estimate of drug-likeness (QED) is 0.132. The molecule has 166 valence electrons. The lowest BCUT2D eigenvalue weighted by Crippen LogP contribution is -2.43. The van der Waals surface area contributed by atoms with Crippen molar-refractivity contribution in [2.75, 3.05) is 14.2 Å². The summed E-state index contributed by atoms with van der Waals surface area (Å²) in [6, 6.07) is 3.64. The van der Waals surface area contributed by atoms with Crippen molar-refractivity contribution in [1.29, 1.82) is 0 Å². The second kappa shape index (κ2) is 12.0. The lowest BCUT2D eigenvalue weighted by Gasteiger charge is -2.38. The van der Waals surface area contributed by atoms with Gasteiger partial charge in [0.1, 0.15) is 19.6 Å².